The van der Waals surface area contributed by atoms with Gasteiger partial charge in [0.1, 0.15) is 6.04 Å². The van der Waals surface area contributed by atoms with Crippen LogP contribution in [0.3, 0.4) is 0 Å². The van der Waals surface area contributed by atoms with Crippen LogP contribution in [-0.4, -0.2) is 255 Å². The van der Waals surface area contributed by atoms with E-state index in [1.54, 1.807) is 6.26 Å². The molecule has 0 aromatic rings. The first kappa shape index (κ1) is 115. The number of amides is 8. The van der Waals surface area contributed by atoms with Gasteiger partial charge in [-0.05, 0) is 128 Å². The number of rotatable bonds is 73. The minimum absolute atomic E-state index is 0.00181. The minimum Gasteiger partial charge on any atom is -0.370 e. The van der Waals surface area contributed by atoms with Gasteiger partial charge >= 0.3 is 0 Å². The van der Waals surface area contributed by atoms with Gasteiger partial charge in [-0.25, -0.2) is 0 Å². The Labute approximate surface area is 750 Å². The van der Waals surface area contributed by atoms with Crippen molar-refractivity contribution in [3.8, 4) is 0 Å². The van der Waals surface area contributed by atoms with E-state index >= 15 is 24.0 Å². The summed E-state index contributed by atoms with van der Waals surface area (Å²) < 4.78 is 0. The summed E-state index contributed by atoms with van der Waals surface area (Å²) in [6.45, 7) is 2.92. The molecule has 0 heterocycles. The van der Waals surface area contributed by atoms with Crippen molar-refractivity contribution in [1.29, 1.82) is 48.7 Å². The van der Waals surface area contributed by atoms with E-state index in [4.69, 9.17) is 106 Å². The number of carbonyl (C=O) groups excluding carboxylic acids is 14. The number of nitrogens with two attached hydrogens (primary N) is 10. The molecule has 51 heteroatoms. The van der Waals surface area contributed by atoms with E-state index in [0.29, 0.717) is 6.42 Å². The van der Waals surface area contributed by atoms with Crippen molar-refractivity contribution in [2.75, 3.05) is 83.2 Å². The van der Waals surface area contributed by atoms with Crippen LogP contribution in [-0.2, 0) is 67.1 Å². The number of Topliss-reactive ketones (excluding diaryl/α,β-unsaturated/α-hetero) is 6. The molecule has 0 aliphatic heterocycles. The fourth-order valence-corrected chi connectivity index (χ4v) is 14.0. The summed E-state index contributed by atoms with van der Waals surface area (Å²) in [4.78, 5) is 199. The van der Waals surface area contributed by atoms with Gasteiger partial charge in [0.15, 0.2) is 88.3 Å². The maximum absolute atomic E-state index is 15.2. The number of carbonyl (C=O) groups is 14. The summed E-state index contributed by atoms with van der Waals surface area (Å²) in [6, 6.07) is -7.86. The third-order valence-corrected chi connectivity index (χ3v) is 20.9. The number of ketones is 6. The van der Waals surface area contributed by atoms with Crippen molar-refractivity contribution in [2.24, 2.45) is 92.8 Å². The van der Waals surface area contributed by atoms with E-state index < -0.39 is 228 Å². The molecule has 0 saturated heterocycles. The lowest BCUT2D eigenvalue weighted by Crippen LogP contribution is -2.50. The number of hydrogen-bond donors (Lipinski definition) is 36. The molecule has 0 spiro atoms. The van der Waals surface area contributed by atoms with Crippen LogP contribution in [0.25, 0.3) is 0 Å². The number of primary amides is 1. The normalized spacial score (nSPS) is 13.7. The Morgan fingerprint density at radius 2 is 0.528 bits per heavy atom. The van der Waals surface area contributed by atoms with E-state index in [0.717, 1.165) is 0 Å². The predicted octanol–water partition coefficient (Wildman–Crippen LogP) is -6.57. The molecular formula is C76H143N35O14S2. The number of hydrogen-bond acceptors (Lipinski definition) is 25. The van der Waals surface area contributed by atoms with Crippen molar-refractivity contribution < 1.29 is 67.1 Å². The van der Waals surface area contributed by atoms with Crippen LogP contribution in [0.15, 0.2) is 0 Å². The summed E-state index contributed by atoms with van der Waals surface area (Å²) >= 11 is 5.45. The van der Waals surface area contributed by atoms with E-state index in [9.17, 15) is 43.2 Å². The summed E-state index contributed by atoms with van der Waals surface area (Å²) in [7, 11) is 0. The van der Waals surface area contributed by atoms with E-state index in [-0.39, 0.29) is 217 Å². The zero-order chi connectivity index (χ0) is 96.1. The van der Waals surface area contributed by atoms with Crippen LogP contribution in [0.5, 0.6) is 0 Å². The molecule has 0 unspecified atom stereocenters. The fraction of sp³-hybridized carbons (Fsp3) is 0.697. The molecule has 0 rings (SSSR count). The second kappa shape index (κ2) is 66.4. The Kier molecular flexibility index (Phi) is 60.1. The molecule has 12 atom stereocenters. The number of thiol groups is 1. The third kappa shape index (κ3) is 55.8. The Morgan fingerprint density at radius 3 is 0.748 bits per heavy atom. The first-order valence-electron chi connectivity index (χ1n) is 42.3. The molecule has 8 amide bonds. The summed E-state index contributed by atoms with van der Waals surface area (Å²) in [6.07, 6.45) is -0.948. The van der Waals surface area contributed by atoms with Gasteiger partial charge in [-0.2, -0.15) is 24.4 Å². The topological polar surface area (TPSA) is 906 Å². The van der Waals surface area contributed by atoms with Crippen LogP contribution in [0.1, 0.15) is 181 Å². The lowest BCUT2D eigenvalue weighted by atomic mass is 9.88. The largest absolute Gasteiger partial charge is 0.370 e. The Hall–Kier alpha value is -12.1. The molecule has 0 radical (unpaired) electrons. The van der Waals surface area contributed by atoms with Crippen LogP contribution in [0.4, 0.5) is 0 Å². The molecule has 45 N–H and O–H groups in total. The molecule has 0 aromatic heterocycles. The van der Waals surface area contributed by atoms with Crippen molar-refractivity contribution in [3.05, 3.63) is 0 Å². The molecule has 127 heavy (non-hydrogen) atoms. The first-order chi connectivity index (χ1) is 59.9. The Bertz CT molecular complexity index is 3680. The quantitative estimate of drug-likeness (QED) is 0.0117. The molecule has 0 fully saturated rings. The first-order valence-corrected chi connectivity index (χ1v) is 44.3. The average Bonchev–Trinajstić information content (AvgIpc) is 0.857. The van der Waals surface area contributed by atoms with Gasteiger partial charge in [-0.1, -0.05) is 13.8 Å². The van der Waals surface area contributed by atoms with Gasteiger partial charge in [0.25, 0.3) is 0 Å². The molecule has 0 aliphatic carbocycles. The molecule has 49 nitrogen and oxygen atoms in total. The maximum atomic E-state index is 15.2. The van der Waals surface area contributed by atoms with E-state index in [1.165, 1.54) is 18.7 Å². The lowest BCUT2D eigenvalue weighted by molar-refractivity contribution is -0.136. The SMILES string of the molecule is CCCC(=O)N[C@@H](CSC)C(=O)C[C@@H](C)C(=O)NCC(=O)C[C@H](CCCNC(=N)N)C(=O)N[C@H](CCCNC(=N)N)C(=O)C[C@H](CCCNC(=N)N)C(=O)N[C@H](CCCNC(=N)N)C(=O)C[C@H](CCCNC(=N)N)C(=O)N[C@H](CCCNC(=N)N)C(=O)C[C@H](CCCNC(=N)N)C(=O)N[C@H](CCCNC(=N)N)C(=O)C[C@H](CCCNC(=N)N)C(=O)N[C@H](CS)C(N)=O. The summed E-state index contributed by atoms with van der Waals surface area (Å²) in [5.41, 5.74) is 55.7. The van der Waals surface area contributed by atoms with Crippen molar-refractivity contribution in [2.45, 2.75) is 217 Å². The maximum Gasteiger partial charge on any atom is 0.240 e. The zero-order valence-electron chi connectivity index (χ0n) is 73.1. The highest BCUT2D eigenvalue weighted by Crippen LogP contribution is 2.24. The number of guanidine groups is 9. The summed E-state index contributed by atoms with van der Waals surface area (Å²) in [5, 5.41) is 112. The van der Waals surface area contributed by atoms with Crippen LogP contribution >= 0.6 is 24.4 Å². The minimum atomic E-state index is -1.49. The Morgan fingerprint density at radius 1 is 0.299 bits per heavy atom. The number of thioether (sulfide) groups is 1. The Balaban J connectivity index is 8.06. The van der Waals surface area contributed by atoms with Crippen molar-refractivity contribution >= 4 is 160 Å². The second-order valence-electron chi connectivity index (χ2n) is 30.8. The standard InChI is InChI=1S/C76H143N35O14S2/c1-4-14-60(118)106-54(41-127-3)55(113)33-42(2)62(120)105-39-48(112)34-43(15-5-24-96-68(78)79)63(121)107-49(20-10-29-101-73(88)89)56(114)35-44(16-6-25-97-69(80)81)64(122)108-50(21-11-30-102-74(90)91)57(115)36-45(17-7-26-98-70(82)83)65(123)109-51(22-12-31-103-75(92)93)58(116)37-46(18-8-27-99-71(84)85)66(124)110-52(23-13-32-104-76(94)95)59(117)38-47(19-9-28-100-72(86)87)67(125)111-53(40-126)61(77)119/h42-47,49-54,126H,4-41H2,1-3H3,(H2,77,119)(H,105,120)(H,106,118)(H,107,121)(H,108,122)(H,109,123)(H,110,124)(H,111,125)(H4,78,79,96)(H4,80,81,97)(H4,82,83,98)(H4,84,85,99)(H4,86,87,100)(H4,88,89,101)(H4,90,91,102)(H4,92,93,103)(H4,94,95,104)/t42-,43+,44+,45+,46+,47+,49-,50-,51-,52-,53-,54+/m1/s1. The highest BCUT2D eigenvalue weighted by atomic mass is 32.2. The fourth-order valence-electron chi connectivity index (χ4n) is 13.2. The van der Waals surface area contributed by atoms with Gasteiger partial charge in [-0.3, -0.25) is 116 Å². The van der Waals surface area contributed by atoms with Crippen molar-refractivity contribution in [3.63, 3.8) is 0 Å². The molecule has 0 bridgehead atoms. The van der Waals surface area contributed by atoms with Gasteiger partial charge < -0.3 is 142 Å². The molecular weight excluding hydrogens is 1690 g/mol. The van der Waals surface area contributed by atoms with Gasteiger partial charge in [0.2, 0.25) is 47.3 Å². The zero-order valence-corrected chi connectivity index (χ0v) is 74.9. The van der Waals surface area contributed by atoms with Crippen LogP contribution < -0.4 is 142 Å². The molecule has 0 aromatic carbocycles. The predicted molar refractivity (Wildman–Crippen MR) is 488 cm³/mol. The van der Waals surface area contributed by atoms with Crippen LogP contribution in [0.2, 0.25) is 0 Å². The third-order valence-electron chi connectivity index (χ3n) is 19.9. The average molecular weight is 1840 g/mol. The monoisotopic (exact) mass is 1830 g/mol. The van der Waals surface area contributed by atoms with E-state index in [2.05, 4.69) is 97.7 Å². The number of nitrogens with one attached hydrogen (secondary N) is 25. The molecule has 718 valence electrons. The highest BCUT2D eigenvalue weighted by molar-refractivity contribution is 7.98. The summed E-state index contributed by atoms with van der Waals surface area (Å²) in [5.74, 6) is -20.9. The van der Waals surface area contributed by atoms with Gasteiger partial charge in [0, 0.05) is 151 Å². The van der Waals surface area contributed by atoms with Gasteiger partial charge in [0.05, 0.1) is 36.8 Å². The smallest absolute Gasteiger partial charge is 0.240 e. The molecule has 0 saturated carbocycles. The lowest BCUT2D eigenvalue weighted by Gasteiger charge is -2.27. The molecule has 0 aliphatic rings. The van der Waals surface area contributed by atoms with Gasteiger partial charge in [-0.15, -0.1) is 0 Å². The van der Waals surface area contributed by atoms with E-state index in [1.807, 2.05) is 6.92 Å². The highest BCUT2D eigenvalue weighted by Gasteiger charge is 2.38. The van der Waals surface area contributed by atoms with Crippen LogP contribution in [0, 0.1) is 84.2 Å². The van der Waals surface area contributed by atoms with Crippen molar-refractivity contribution in [1.82, 2.24) is 85.1 Å². The second-order valence-corrected chi connectivity index (χ2v) is 32.0.